The van der Waals surface area contributed by atoms with Gasteiger partial charge in [-0.2, -0.15) is 0 Å². The summed E-state index contributed by atoms with van der Waals surface area (Å²) >= 11 is 0. The van der Waals surface area contributed by atoms with Crippen LogP contribution in [0, 0.1) is 5.82 Å². The van der Waals surface area contributed by atoms with Crippen molar-refractivity contribution >= 4 is 11.7 Å². The van der Waals surface area contributed by atoms with Crippen LogP contribution in [0.15, 0.2) is 18.5 Å². The van der Waals surface area contributed by atoms with Crippen LogP contribution < -0.4 is 5.32 Å². The molecule has 0 aliphatic heterocycles. The zero-order valence-corrected chi connectivity index (χ0v) is 9.16. The summed E-state index contributed by atoms with van der Waals surface area (Å²) in [5.74, 6) is -1.15. The van der Waals surface area contributed by atoms with Crippen molar-refractivity contribution in [1.29, 1.82) is 0 Å². The van der Waals surface area contributed by atoms with E-state index >= 15 is 0 Å². The van der Waals surface area contributed by atoms with Crippen LogP contribution in [-0.2, 0) is 4.79 Å². The number of rotatable bonds is 4. The molecule has 0 bridgehead atoms. The number of Topliss-reactive ketones (excluding diaryl/α,β-unsaturated/α-hetero) is 1. The smallest absolute Gasteiger partial charge is 0.253 e. The molecule has 86 valence electrons. The van der Waals surface area contributed by atoms with Gasteiger partial charge in [-0.25, -0.2) is 4.39 Å². The Balaban J connectivity index is 2.69. The topological polar surface area (TPSA) is 59.1 Å². The second-order valence-electron chi connectivity index (χ2n) is 3.41. The molecule has 1 atom stereocenters. The maximum Gasteiger partial charge on any atom is 0.253 e. The van der Waals surface area contributed by atoms with Crippen molar-refractivity contribution in [2.45, 2.75) is 26.3 Å². The number of ketones is 1. The molecular formula is C11H13FN2O2. The third kappa shape index (κ3) is 3.12. The summed E-state index contributed by atoms with van der Waals surface area (Å²) in [7, 11) is 0. The van der Waals surface area contributed by atoms with Crippen LogP contribution in [0.1, 0.15) is 30.6 Å². The van der Waals surface area contributed by atoms with Gasteiger partial charge in [0.05, 0.1) is 17.8 Å². The van der Waals surface area contributed by atoms with E-state index in [1.807, 2.05) is 0 Å². The summed E-state index contributed by atoms with van der Waals surface area (Å²) in [6, 6.07) is 0.506. The van der Waals surface area contributed by atoms with Gasteiger partial charge in [0.2, 0.25) is 0 Å². The van der Waals surface area contributed by atoms with E-state index in [1.165, 1.54) is 6.20 Å². The molecule has 0 saturated heterocycles. The van der Waals surface area contributed by atoms with Gasteiger partial charge in [0.15, 0.2) is 5.78 Å². The molecule has 0 radical (unpaired) electrons. The first-order valence-electron chi connectivity index (χ1n) is 4.98. The summed E-state index contributed by atoms with van der Waals surface area (Å²) in [5.41, 5.74) is 0.107. The zero-order chi connectivity index (χ0) is 12.1. The molecule has 0 spiro atoms. The fraction of sp³-hybridized carbons (Fsp3) is 0.364. The summed E-state index contributed by atoms with van der Waals surface area (Å²) < 4.78 is 12.8. The zero-order valence-electron chi connectivity index (χ0n) is 9.16. The summed E-state index contributed by atoms with van der Waals surface area (Å²) in [4.78, 5) is 26.4. The minimum atomic E-state index is -0.581. The third-order valence-corrected chi connectivity index (χ3v) is 2.15. The average Bonchev–Trinajstić information content (AvgIpc) is 2.27. The van der Waals surface area contributed by atoms with Crippen LogP contribution in [0.4, 0.5) is 4.39 Å². The number of nitrogens with one attached hydrogen (secondary N) is 1. The van der Waals surface area contributed by atoms with E-state index in [-0.39, 0.29) is 11.3 Å². The van der Waals surface area contributed by atoms with Crippen LogP contribution in [0.25, 0.3) is 0 Å². The van der Waals surface area contributed by atoms with Gasteiger partial charge in [-0.1, -0.05) is 6.92 Å². The van der Waals surface area contributed by atoms with Crippen molar-refractivity contribution in [3.05, 3.63) is 29.8 Å². The number of carbonyl (C=O) groups excluding carboxylic acids is 2. The van der Waals surface area contributed by atoms with Crippen LogP contribution in [0.2, 0.25) is 0 Å². The first-order chi connectivity index (χ1) is 7.54. The number of aromatic nitrogens is 1. The molecule has 1 aromatic rings. The predicted molar refractivity (Wildman–Crippen MR) is 56.4 cm³/mol. The highest BCUT2D eigenvalue weighted by molar-refractivity contribution is 5.97. The summed E-state index contributed by atoms with van der Waals surface area (Å²) in [6.07, 6.45) is 2.61. The van der Waals surface area contributed by atoms with Crippen molar-refractivity contribution in [2.75, 3.05) is 0 Å². The van der Waals surface area contributed by atoms with Gasteiger partial charge >= 0.3 is 0 Å². The Morgan fingerprint density at radius 1 is 1.50 bits per heavy atom. The van der Waals surface area contributed by atoms with Crippen LogP contribution in [0.5, 0.6) is 0 Å². The predicted octanol–water partition coefficient (Wildman–Crippen LogP) is 1.32. The number of amides is 1. The van der Waals surface area contributed by atoms with E-state index in [9.17, 15) is 14.0 Å². The monoisotopic (exact) mass is 224 g/mol. The molecule has 1 unspecified atom stereocenters. The summed E-state index contributed by atoms with van der Waals surface area (Å²) in [6.45, 7) is 3.31. The van der Waals surface area contributed by atoms with Gasteiger partial charge in [-0.05, 0) is 13.0 Å². The Morgan fingerprint density at radius 3 is 2.75 bits per heavy atom. The van der Waals surface area contributed by atoms with E-state index in [0.29, 0.717) is 6.42 Å². The third-order valence-electron chi connectivity index (χ3n) is 2.15. The molecule has 0 aromatic carbocycles. The second-order valence-corrected chi connectivity index (χ2v) is 3.41. The highest BCUT2D eigenvalue weighted by Crippen LogP contribution is 2.01. The van der Waals surface area contributed by atoms with Gasteiger partial charge in [-0.15, -0.1) is 0 Å². The molecule has 0 aliphatic rings. The average molecular weight is 224 g/mol. The largest absolute Gasteiger partial charge is 0.342 e. The standard InChI is InChI=1S/C11H13FN2O2/c1-3-10(15)7(2)14-11(16)8-4-9(12)6-13-5-8/h4-7H,3H2,1-2H3,(H,14,16). The Labute approximate surface area is 92.9 Å². The van der Waals surface area contributed by atoms with Crippen molar-refractivity contribution in [3.63, 3.8) is 0 Å². The lowest BCUT2D eigenvalue weighted by Crippen LogP contribution is -2.38. The highest BCUT2D eigenvalue weighted by Gasteiger charge is 2.15. The number of hydrogen-bond acceptors (Lipinski definition) is 3. The Kier molecular flexibility index (Phi) is 4.10. The van der Waals surface area contributed by atoms with Gasteiger partial charge < -0.3 is 5.32 Å². The molecule has 1 N–H and O–H groups in total. The number of pyridine rings is 1. The van der Waals surface area contributed by atoms with E-state index < -0.39 is 17.8 Å². The summed E-state index contributed by atoms with van der Waals surface area (Å²) in [5, 5.41) is 2.48. The fourth-order valence-electron chi connectivity index (χ4n) is 1.20. The molecule has 1 heterocycles. The number of nitrogens with zero attached hydrogens (tertiary/aromatic N) is 1. The first-order valence-corrected chi connectivity index (χ1v) is 4.98. The molecular weight excluding hydrogens is 211 g/mol. The van der Waals surface area contributed by atoms with Gasteiger partial charge in [0, 0.05) is 12.6 Å². The van der Waals surface area contributed by atoms with E-state index in [4.69, 9.17) is 0 Å². The van der Waals surface area contributed by atoms with Crippen molar-refractivity contribution in [2.24, 2.45) is 0 Å². The lowest BCUT2D eigenvalue weighted by Gasteiger charge is -2.11. The molecule has 0 saturated carbocycles. The SMILES string of the molecule is CCC(=O)C(C)NC(=O)c1cncc(F)c1. The lowest BCUT2D eigenvalue weighted by molar-refractivity contribution is -0.120. The van der Waals surface area contributed by atoms with Crippen LogP contribution in [-0.4, -0.2) is 22.7 Å². The molecule has 5 heteroatoms. The molecule has 1 aromatic heterocycles. The number of halogens is 1. The Morgan fingerprint density at radius 2 is 2.19 bits per heavy atom. The maximum atomic E-state index is 12.8. The normalized spacial score (nSPS) is 11.9. The minimum absolute atomic E-state index is 0.0716. The number of carbonyl (C=O) groups is 2. The Hall–Kier alpha value is -1.78. The molecule has 0 fully saturated rings. The molecule has 1 amide bonds. The molecule has 1 rings (SSSR count). The first kappa shape index (κ1) is 12.3. The van der Waals surface area contributed by atoms with E-state index in [0.717, 1.165) is 12.3 Å². The molecule has 16 heavy (non-hydrogen) atoms. The van der Waals surface area contributed by atoms with Gasteiger partial charge in [0.1, 0.15) is 5.82 Å². The quantitative estimate of drug-likeness (QED) is 0.839. The Bertz CT molecular complexity index is 407. The molecule has 0 aliphatic carbocycles. The van der Waals surface area contributed by atoms with E-state index in [1.54, 1.807) is 13.8 Å². The van der Waals surface area contributed by atoms with Crippen LogP contribution >= 0.6 is 0 Å². The van der Waals surface area contributed by atoms with Crippen molar-refractivity contribution in [1.82, 2.24) is 10.3 Å². The highest BCUT2D eigenvalue weighted by atomic mass is 19.1. The van der Waals surface area contributed by atoms with Crippen molar-refractivity contribution in [3.8, 4) is 0 Å². The van der Waals surface area contributed by atoms with Gasteiger partial charge in [-0.3, -0.25) is 14.6 Å². The van der Waals surface area contributed by atoms with Gasteiger partial charge in [0.25, 0.3) is 5.91 Å². The van der Waals surface area contributed by atoms with Crippen molar-refractivity contribution < 1.29 is 14.0 Å². The second kappa shape index (κ2) is 5.34. The van der Waals surface area contributed by atoms with Crippen LogP contribution in [0.3, 0.4) is 0 Å². The minimum Gasteiger partial charge on any atom is -0.342 e. The van der Waals surface area contributed by atoms with E-state index in [2.05, 4.69) is 10.3 Å². The maximum absolute atomic E-state index is 12.8. The number of hydrogen-bond donors (Lipinski definition) is 1. The molecule has 4 nitrogen and oxygen atoms in total. The fourth-order valence-corrected chi connectivity index (χ4v) is 1.20. The lowest BCUT2D eigenvalue weighted by atomic mass is 10.1.